The Balaban J connectivity index is 1.25. The van der Waals surface area contributed by atoms with E-state index < -0.39 is 6.17 Å². The predicted molar refractivity (Wildman–Crippen MR) is 151 cm³/mol. The van der Waals surface area contributed by atoms with E-state index in [1.54, 1.807) is 24.3 Å². The van der Waals surface area contributed by atoms with Gasteiger partial charge in [0.2, 0.25) is 5.88 Å². The third kappa shape index (κ3) is 3.85. The summed E-state index contributed by atoms with van der Waals surface area (Å²) >= 11 is 0. The summed E-state index contributed by atoms with van der Waals surface area (Å²) in [6.45, 7) is 3.56. The Kier molecular flexibility index (Phi) is 5.51. The first-order valence-electron chi connectivity index (χ1n) is 14.4. The highest BCUT2D eigenvalue weighted by molar-refractivity contribution is 5.97. The van der Waals surface area contributed by atoms with Crippen LogP contribution in [0.25, 0.3) is 27.5 Å². The summed E-state index contributed by atoms with van der Waals surface area (Å²) in [7, 11) is 0. The fraction of sp³-hybridized carbons (Fsp3) is 0.452. The van der Waals surface area contributed by atoms with Gasteiger partial charge in [-0.05, 0) is 55.8 Å². The number of hydrogen-bond donors (Lipinski definition) is 2. The molecule has 0 spiro atoms. The van der Waals surface area contributed by atoms with Crippen molar-refractivity contribution in [2.24, 2.45) is 0 Å². The maximum absolute atomic E-state index is 15.2. The molecule has 2 unspecified atom stereocenters. The number of nitrogens with one attached hydrogen (secondary N) is 1. The highest BCUT2D eigenvalue weighted by Gasteiger charge is 2.49. The Hall–Kier alpha value is -3.43. The topological polar surface area (TPSA) is 65.8 Å². The third-order valence-corrected chi connectivity index (χ3v) is 9.57. The lowest BCUT2D eigenvalue weighted by atomic mass is 9.95. The van der Waals surface area contributed by atoms with E-state index >= 15 is 4.39 Å². The first-order valence-corrected chi connectivity index (χ1v) is 14.4. The molecular formula is C31H33F2N5O2. The summed E-state index contributed by atoms with van der Waals surface area (Å²) in [5.41, 5.74) is 1.93. The Labute approximate surface area is 231 Å². The molecule has 4 aliphatic heterocycles. The summed E-state index contributed by atoms with van der Waals surface area (Å²) in [6.07, 6.45) is 5.87. The minimum absolute atomic E-state index is 0.0590. The van der Waals surface area contributed by atoms with Crippen LogP contribution in [0.15, 0.2) is 48.7 Å². The van der Waals surface area contributed by atoms with Crippen molar-refractivity contribution in [3.05, 3.63) is 54.5 Å². The minimum atomic E-state index is -0.822. The molecule has 0 radical (unpaired) electrons. The lowest BCUT2D eigenvalue weighted by molar-refractivity contribution is 0.111. The highest BCUT2D eigenvalue weighted by atomic mass is 19.1. The van der Waals surface area contributed by atoms with E-state index in [0.717, 1.165) is 56.4 Å². The molecule has 8 rings (SSSR count). The van der Waals surface area contributed by atoms with Gasteiger partial charge in [-0.15, -0.1) is 0 Å². The van der Waals surface area contributed by atoms with Crippen LogP contribution >= 0.6 is 0 Å². The van der Waals surface area contributed by atoms with E-state index in [9.17, 15) is 9.50 Å². The number of hydrogen-bond acceptors (Lipinski definition) is 6. The molecule has 2 aromatic heterocycles. The monoisotopic (exact) mass is 545 g/mol. The number of rotatable bonds is 5. The number of halogens is 2. The van der Waals surface area contributed by atoms with Gasteiger partial charge in [0.05, 0.1) is 16.9 Å². The second kappa shape index (κ2) is 9.04. The second-order valence-corrected chi connectivity index (χ2v) is 12.1. The summed E-state index contributed by atoms with van der Waals surface area (Å²) in [6, 6.07) is 13.0. The van der Waals surface area contributed by atoms with Crippen molar-refractivity contribution >= 4 is 27.5 Å². The number of aromatic nitrogens is 2. The normalized spacial score (nSPS) is 28.1. The quantitative estimate of drug-likeness (QED) is 0.371. The van der Waals surface area contributed by atoms with Crippen molar-refractivity contribution in [3.8, 4) is 17.3 Å². The molecule has 0 aliphatic carbocycles. The van der Waals surface area contributed by atoms with Crippen LogP contribution in [0.4, 0.5) is 14.5 Å². The number of phenols is 1. The number of piperazine rings is 1. The molecule has 4 fully saturated rings. The highest BCUT2D eigenvalue weighted by Crippen LogP contribution is 2.42. The van der Waals surface area contributed by atoms with Crippen LogP contribution in [0.1, 0.15) is 32.1 Å². The van der Waals surface area contributed by atoms with Gasteiger partial charge in [-0.2, -0.15) is 4.98 Å². The maximum Gasteiger partial charge on any atom is 0.217 e. The Bertz CT molecular complexity index is 1610. The standard InChI is InChI=1S/C31H33F2N5O2/c32-20-14-31(8-2-9-37(31)15-20)18-40-28-13-26(36-16-21-5-6-22(17-36)34-21)24-7-10-38(30(24)35-28)27-12-23(39)11-19-3-1-4-25(33)29(19)27/h1,3-4,7,10-13,20-22,34,39H,2,5-6,8-9,14-18H2/t20-,21?,22?,31+/m1/s1. The van der Waals surface area contributed by atoms with Gasteiger partial charge in [-0.3, -0.25) is 4.90 Å². The zero-order chi connectivity index (χ0) is 27.0. The molecule has 0 saturated carbocycles. The number of anilines is 1. The van der Waals surface area contributed by atoms with Crippen molar-refractivity contribution in [3.63, 3.8) is 0 Å². The van der Waals surface area contributed by atoms with E-state index in [0.29, 0.717) is 59.6 Å². The van der Waals surface area contributed by atoms with E-state index in [1.165, 1.54) is 6.07 Å². The van der Waals surface area contributed by atoms with E-state index in [4.69, 9.17) is 9.72 Å². The zero-order valence-corrected chi connectivity index (χ0v) is 22.3. The van der Waals surface area contributed by atoms with Crippen molar-refractivity contribution in [2.75, 3.05) is 37.7 Å². The molecule has 4 aliphatic rings. The predicted octanol–water partition coefficient (Wildman–Crippen LogP) is 4.92. The van der Waals surface area contributed by atoms with Gasteiger partial charge in [0, 0.05) is 67.2 Å². The number of benzene rings is 2. The van der Waals surface area contributed by atoms with Crippen LogP contribution < -0.4 is 15.0 Å². The molecule has 6 heterocycles. The molecule has 40 heavy (non-hydrogen) atoms. The second-order valence-electron chi connectivity index (χ2n) is 12.1. The van der Waals surface area contributed by atoms with Crippen LogP contribution in [0, 0.1) is 5.82 Å². The fourth-order valence-corrected chi connectivity index (χ4v) is 7.78. The number of alkyl halides is 1. The summed E-state index contributed by atoms with van der Waals surface area (Å²) in [4.78, 5) is 9.62. The van der Waals surface area contributed by atoms with Crippen LogP contribution in [0.2, 0.25) is 0 Å². The van der Waals surface area contributed by atoms with Gasteiger partial charge in [0.25, 0.3) is 0 Å². The molecule has 9 heteroatoms. The Morgan fingerprint density at radius 1 is 1.07 bits per heavy atom. The molecule has 7 nitrogen and oxygen atoms in total. The molecule has 208 valence electrons. The van der Waals surface area contributed by atoms with Gasteiger partial charge >= 0.3 is 0 Å². The number of phenolic OH excluding ortho intramolecular Hbond substituents is 1. The van der Waals surface area contributed by atoms with Crippen LogP contribution in [0.3, 0.4) is 0 Å². The molecule has 0 amide bonds. The molecule has 4 saturated heterocycles. The first-order chi connectivity index (χ1) is 19.5. The molecule has 4 aromatic rings. The molecular weight excluding hydrogens is 512 g/mol. The van der Waals surface area contributed by atoms with Crippen molar-refractivity contribution in [1.82, 2.24) is 19.8 Å². The largest absolute Gasteiger partial charge is 0.508 e. The first kappa shape index (κ1) is 24.4. The number of aromatic hydroxyl groups is 1. The number of pyridine rings is 1. The van der Waals surface area contributed by atoms with Gasteiger partial charge in [0.15, 0.2) is 5.65 Å². The van der Waals surface area contributed by atoms with E-state index in [-0.39, 0.29) is 17.1 Å². The van der Waals surface area contributed by atoms with Crippen LogP contribution in [-0.2, 0) is 0 Å². The lowest BCUT2D eigenvalue weighted by Gasteiger charge is -2.35. The van der Waals surface area contributed by atoms with Crippen molar-refractivity contribution in [2.45, 2.75) is 55.9 Å². The van der Waals surface area contributed by atoms with E-state index in [2.05, 4.69) is 15.1 Å². The van der Waals surface area contributed by atoms with Gasteiger partial charge in [0.1, 0.15) is 24.3 Å². The van der Waals surface area contributed by atoms with E-state index in [1.807, 2.05) is 22.9 Å². The summed E-state index contributed by atoms with van der Waals surface area (Å²) in [5, 5.41) is 16.2. The summed E-state index contributed by atoms with van der Waals surface area (Å²) < 4.78 is 37.9. The molecule has 2 bridgehead atoms. The molecule has 4 atom stereocenters. The minimum Gasteiger partial charge on any atom is -0.508 e. The van der Waals surface area contributed by atoms with Gasteiger partial charge in [-0.1, -0.05) is 12.1 Å². The smallest absolute Gasteiger partial charge is 0.217 e. The average molecular weight is 546 g/mol. The lowest BCUT2D eigenvalue weighted by Crippen LogP contribution is -2.51. The molecule has 2 N–H and O–H groups in total. The summed E-state index contributed by atoms with van der Waals surface area (Å²) in [5.74, 6) is 0.188. The molecule has 2 aromatic carbocycles. The fourth-order valence-electron chi connectivity index (χ4n) is 7.78. The van der Waals surface area contributed by atoms with Crippen molar-refractivity contribution < 1.29 is 18.6 Å². The third-order valence-electron chi connectivity index (χ3n) is 9.57. The Morgan fingerprint density at radius 2 is 1.93 bits per heavy atom. The SMILES string of the molecule is Oc1cc(-n2ccc3c(N4CC5CCC(C4)N5)cc(OC[C@@]45CCCN4C[C@H](F)C5)nc32)c2c(F)cccc2c1. The van der Waals surface area contributed by atoms with Gasteiger partial charge in [-0.25, -0.2) is 8.78 Å². The Morgan fingerprint density at radius 3 is 2.77 bits per heavy atom. The number of nitrogens with zero attached hydrogens (tertiary/aromatic N) is 4. The van der Waals surface area contributed by atoms with Crippen LogP contribution in [0.5, 0.6) is 11.6 Å². The number of ether oxygens (including phenoxy) is 1. The number of fused-ring (bicyclic) bond motifs is 5. The van der Waals surface area contributed by atoms with Gasteiger partial charge < -0.3 is 24.6 Å². The zero-order valence-electron chi connectivity index (χ0n) is 22.3. The van der Waals surface area contributed by atoms with Crippen LogP contribution in [-0.4, -0.2) is 76.1 Å². The average Bonchev–Trinajstić information content (AvgIpc) is 3.68. The van der Waals surface area contributed by atoms with Crippen molar-refractivity contribution in [1.29, 1.82) is 0 Å². The maximum atomic E-state index is 15.2.